The topological polar surface area (TPSA) is 54.4 Å². The molecular formula is C8H8O3. The van der Waals surface area contributed by atoms with E-state index in [1.807, 2.05) is 0 Å². The van der Waals surface area contributed by atoms with Crippen LogP contribution < -0.4 is 0 Å². The molecule has 0 aromatic rings. The first-order valence-corrected chi connectivity index (χ1v) is 3.43. The molecule has 1 N–H and O–H groups in total. The second-order valence-corrected chi connectivity index (χ2v) is 2.40. The SMILES string of the molecule is O=C=C(C(=O)O)C1=CCCC1. The number of carboxylic acids is 1. The lowest BCUT2D eigenvalue weighted by molar-refractivity contribution is -0.132. The second-order valence-electron chi connectivity index (χ2n) is 2.40. The van der Waals surface area contributed by atoms with Gasteiger partial charge in [-0.15, -0.1) is 0 Å². The molecule has 0 unspecified atom stereocenters. The predicted octanol–water partition coefficient (Wildman–Crippen LogP) is 0.939. The van der Waals surface area contributed by atoms with E-state index in [1.165, 1.54) is 5.94 Å². The molecule has 0 spiro atoms. The van der Waals surface area contributed by atoms with Crippen LogP contribution in [0.5, 0.6) is 0 Å². The third kappa shape index (κ3) is 1.57. The Morgan fingerprint density at radius 3 is 2.73 bits per heavy atom. The summed E-state index contributed by atoms with van der Waals surface area (Å²) >= 11 is 0. The number of hydrogen-bond donors (Lipinski definition) is 1. The van der Waals surface area contributed by atoms with Crippen LogP contribution in [0.4, 0.5) is 0 Å². The summed E-state index contributed by atoms with van der Waals surface area (Å²) in [5, 5.41) is 8.49. The summed E-state index contributed by atoms with van der Waals surface area (Å²) in [6.07, 6.45) is 4.28. The van der Waals surface area contributed by atoms with Crippen LogP contribution in [0.25, 0.3) is 0 Å². The molecule has 0 aliphatic heterocycles. The van der Waals surface area contributed by atoms with Gasteiger partial charge in [-0.1, -0.05) is 6.08 Å². The smallest absolute Gasteiger partial charge is 0.347 e. The van der Waals surface area contributed by atoms with Gasteiger partial charge in [0.05, 0.1) is 0 Å². The highest BCUT2D eigenvalue weighted by Gasteiger charge is 2.16. The molecule has 1 rings (SSSR count). The van der Waals surface area contributed by atoms with Gasteiger partial charge in [0.25, 0.3) is 0 Å². The van der Waals surface area contributed by atoms with Crippen LogP contribution in [-0.2, 0) is 9.59 Å². The lowest BCUT2D eigenvalue weighted by Gasteiger charge is -1.95. The summed E-state index contributed by atoms with van der Waals surface area (Å²) in [5.41, 5.74) is 0.426. The quantitative estimate of drug-likeness (QED) is 0.473. The third-order valence-electron chi connectivity index (χ3n) is 1.68. The van der Waals surface area contributed by atoms with Gasteiger partial charge in [-0.3, -0.25) is 0 Å². The van der Waals surface area contributed by atoms with E-state index in [1.54, 1.807) is 6.08 Å². The Kier molecular flexibility index (Phi) is 2.24. The minimum atomic E-state index is -1.17. The molecular weight excluding hydrogens is 144 g/mol. The molecule has 0 aromatic heterocycles. The van der Waals surface area contributed by atoms with Crippen molar-refractivity contribution in [1.82, 2.24) is 0 Å². The number of hydrogen-bond acceptors (Lipinski definition) is 2. The summed E-state index contributed by atoms with van der Waals surface area (Å²) < 4.78 is 0. The molecule has 0 saturated carbocycles. The Bertz CT molecular complexity index is 257. The molecule has 0 saturated heterocycles. The fourth-order valence-corrected chi connectivity index (χ4v) is 1.14. The van der Waals surface area contributed by atoms with Gasteiger partial charge in [0.1, 0.15) is 11.5 Å². The van der Waals surface area contributed by atoms with Crippen LogP contribution in [0.3, 0.4) is 0 Å². The molecule has 11 heavy (non-hydrogen) atoms. The Labute approximate surface area is 64.0 Å². The zero-order chi connectivity index (χ0) is 8.27. The average Bonchev–Trinajstić information content (AvgIpc) is 2.40. The van der Waals surface area contributed by atoms with E-state index >= 15 is 0 Å². The van der Waals surface area contributed by atoms with Crippen molar-refractivity contribution in [2.24, 2.45) is 0 Å². The predicted molar refractivity (Wildman–Crippen MR) is 38.8 cm³/mol. The van der Waals surface area contributed by atoms with Crippen molar-refractivity contribution in [3.63, 3.8) is 0 Å². The highest BCUT2D eigenvalue weighted by molar-refractivity contribution is 6.00. The number of carbonyl (C=O) groups excluding carboxylic acids is 1. The Morgan fingerprint density at radius 2 is 2.36 bits per heavy atom. The normalized spacial score (nSPS) is 15.5. The van der Waals surface area contributed by atoms with E-state index in [-0.39, 0.29) is 5.57 Å². The highest BCUT2D eigenvalue weighted by Crippen LogP contribution is 2.22. The van der Waals surface area contributed by atoms with Crippen LogP contribution in [0.1, 0.15) is 19.3 Å². The van der Waals surface area contributed by atoms with E-state index in [4.69, 9.17) is 5.11 Å². The number of allylic oxidation sites excluding steroid dienone is 1. The number of aliphatic carboxylic acids is 1. The molecule has 0 amide bonds. The number of rotatable bonds is 2. The van der Waals surface area contributed by atoms with Gasteiger partial charge >= 0.3 is 5.97 Å². The molecule has 0 atom stereocenters. The van der Waals surface area contributed by atoms with Crippen molar-refractivity contribution in [1.29, 1.82) is 0 Å². The summed E-state index contributed by atoms with van der Waals surface area (Å²) in [4.78, 5) is 20.5. The maximum absolute atomic E-state index is 10.4. The van der Waals surface area contributed by atoms with Crippen LogP contribution >= 0.6 is 0 Å². The third-order valence-corrected chi connectivity index (χ3v) is 1.68. The zero-order valence-electron chi connectivity index (χ0n) is 5.96. The molecule has 0 radical (unpaired) electrons. The fourth-order valence-electron chi connectivity index (χ4n) is 1.14. The van der Waals surface area contributed by atoms with Gasteiger partial charge in [0, 0.05) is 0 Å². The Morgan fingerprint density at radius 1 is 1.64 bits per heavy atom. The van der Waals surface area contributed by atoms with E-state index in [9.17, 15) is 9.59 Å². The minimum Gasteiger partial charge on any atom is -0.477 e. The largest absolute Gasteiger partial charge is 0.477 e. The molecule has 3 nitrogen and oxygen atoms in total. The van der Waals surface area contributed by atoms with E-state index < -0.39 is 5.97 Å². The van der Waals surface area contributed by atoms with Crippen LogP contribution in [0.2, 0.25) is 0 Å². The standard InChI is InChI=1S/C8H8O3/c9-5-7(8(10)11)6-3-1-2-4-6/h3H,1-2,4H2,(H,10,11). The van der Waals surface area contributed by atoms with Crippen LogP contribution in [0.15, 0.2) is 17.2 Å². The van der Waals surface area contributed by atoms with Gasteiger partial charge in [0.15, 0.2) is 0 Å². The fraction of sp³-hybridized carbons (Fsp3) is 0.375. The van der Waals surface area contributed by atoms with Gasteiger partial charge in [-0.25, -0.2) is 9.59 Å². The summed E-state index contributed by atoms with van der Waals surface area (Å²) in [7, 11) is 0. The highest BCUT2D eigenvalue weighted by atomic mass is 16.4. The van der Waals surface area contributed by atoms with Crippen molar-refractivity contribution >= 4 is 11.9 Å². The molecule has 3 heteroatoms. The van der Waals surface area contributed by atoms with Crippen molar-refractivity contribution in [3.8, 4) is 0 Å². The van der Waals surface area contributed by atoms with Gasteiger partial charge in [0.2, 0.25) is 0 Å². The van der Waals surface area contributed by atoms with Gasteiger partial charge < -0.3 is 5.11 Å². The molecule has 0 aromatic carbocycles. The lowest BCUT2D eigenvalue weighted by Crippen LogP contribution is -2.02. The van der Waals surface area contributed by atoms with E-state index in [2.05, 4.69) is 0 Å². The summed E-state index contributed by atoms with van der Waals surface area (Å²) in [6.45, 7) is 0. The van der Waals surface area contributed by atoms with Crippen LogP contribution in [-0.4, -0.2) is 17.0 Å². The molecule has 0 fully saturated rings. The molecule has 1 aliphatic rings. The van der Waals surface area contributed by atoms with Crippen molar-refractivity contribution in [3.05, 3.63) is 17.2 Å². The maximum Gasteiger partial charge on any atom is 0.347 e. The van der Waals surface area contributed by atoms with Crippen LogP contribution in [0, 0.1) is 0 Å². The lowest BCUT2D eigenvalue weighted by atomic mass is 10.1. The van der Waals surface area contributed by atoms with E-state index in [0.29, 0.717) is 12.0 Å². The Balaban J connectivity index is 2.87. The van der Waals surface area contributed by atoms with Crippen molar-refractivity contribution < 1.29 is 14.7 Å². The van der Waals surface area contributed by atoms with Crippen molar-refractivity contribution in [2.75, 3.05) is 0 Å². The monoisotopic (exact) mass is 152 g/mol. The summed E-state index contributed by atoms with van der Waals surface area (Å²) in [6, 6.07) is 0. The Hall–Kier alpha value is -1.34. The average molecular weight is 152 g/mol. The summed E-state index contributed by atoms with van der Waals surface area (Å²) in [5.74, 6) is 0.269. The molecule has 0 bridgehead atoms. The van der Waals surface area contributed by atoms with Gasteiger partial charge in [-0.2, -0.15) is 0 Å². The van der Waals surface area contributed by atoms with Crippen molar-refractivity contribution in [2.45, 2.75) is 19.3 Å². The molecule has 58 valence electrons. The zero-order valence-corrected chi connectivity index (χ0v) is 5.96. The first-order valence-electron chi connectivity index (χ1n) is 3.43. The maximum atomic E-state index is 10.4. The molecule has 0 heterocycles. The van der Waals surface area contributed by atoms with Gasteiger partial charge in [-0.05, 0) is 24.8 Å². The first-order chi connectivity index (χ1) is 5.25. The first kappa shape index (κ1) is 7.76. The minimum absolute atomic E-state index is 0.206. The number of carbonyl (C=O) groups is 1. The number of carboxylic acid groups (broad SMARTS) is 1. The second kappa shape index (κ2) is 3.17. The van der Waals surface area contributed by atoms with E-state index in [0.717, 1.165) is 12.8 Å². The molecule has 1 aliphatic carbocycles.